The van der Waals surface area contributed by atoms with Crippen LogP contribution in [0.15, 0.2) is 109 Å². The van der Waals surface area contributed by atoms with Crippen molar-refractivity contribution < 1.29 is 165 Å². The number of alkyl halides is 8. The van der Waals surface area contributed by atoms with Crippen molar-refractivity contribution in [1.82, 2.24) is 0 Å². The fourth-order valence-electron chi connectivity index (χ4n) is 15.4. The molecule has 7 saturated carbocycles. The predicted octanol–water partition coefficient (Wildman–Crippen LogP) is 8.49. The minimum absolute atomic E-state index is 0.0828. The van der Waals surface area contributed by atoms with Crippen molar-refractivity contribution in [2.24, 2.45) is 35.5 Å². The van der Waals surface area contributed by atoms with Gasteiger partial charge in [0.25, 0.3) is 0 Å². The van der Waals surface area contributed by atoms with E-state index in [-0.39, 0.29) is 30.0 Å². The summed E-state index contributed by atoms with van der Waals surface area (Å²) in [6.07, 6.45) is 9.39. The fraction of sp³-hybridized carbons (Fsp3) is 0.577. The van der Waals surface area contributed by atoms with E-state index in [9.17, 15) is 136 Å². The second kappa shape index (κ2) is 35.2. The number of methoxy groups -OCH3 is 2. The molecule has 9 fully saturated rings. The van der Waals surface area contributed by atoms with E-state index in [4.69, 9.17) is 14.2 Å². The third-order valence-electron chi connectivity index (χ3n) is 21.0. The molecule has 40 heteroatoms. The Balaban J connectivity index is 0.000000185. The first-order chi connectivity index (χ1) is 51.2. The van der Waals surface area contributed by atoms with E-state index in [0.717, 1.165) is 51.4 Å². The van der Waals surface area contributed by atoms with Crippen LogP contribution in [0.2, 0.25) is 0 Å². The van der Waals surface area contributed by atoms with Gasteiger partial charge >= 0.3 is 56.8 Å². The number of rotatable bonds is 12. The Morgan fingerprint density at radius 2 is 0.748 bits per heavy atom. The van der Waals surface area contributed by atoms with Crippen LogP contribution in [0.3, 0.4) is 0 Å². The van der Waals surface area contributed by atoms with Crippen molar-refractivity contribution in [3.63, 3.8) is 0 Å². The zero-order valence-corrected chi connectivity index (χ0v) is 63.1. The summed E-state index contributed by atoms with van der Waals surface area (Å²) in [5, 5.41) is 27.5. The van der Waals surface area contributed by atoms with E-state index in [2.05, 4.69) is 123 Å². The molecule has 10 unspecified atom stereocenters. The maximum atomic E-state index is 13.5. The Kier molecular flexibility index (Phi) is 28.8. The predicted molar refractivity (Wildman–Crippen MR) is 367 cm³/mol. The summed E-state index contributed by atoms with van der Waals surface area (Å²) in [6.45, 7) is 3.83. The first-order valence-corrected chi connectivity index (χ1v) is 40.4. The third-order valence-corrected chi connectivity index (χ3v) is 24.1. The molecule has 2 saturated heterocycles. The van der Waals surface area contributed by atoms with Gasteiger partial charge < -0.3 is 67.1 Å². The standard InChI is InChI=1S/C15H18F2O8S.C14H18F2O8S.C14H10.C10H8.2C6H12O.2C3H4F2O5S/c16-15(17,26(21,22)23)13(19)25-11-7-5-6-8(12(18)24-10(6)11)9(7)14(20)3-1-2-4-14;15-14(16,25(20,21)22)12(18)24-10-6-8(13(19)3-1-2-4-13)7-5-9(10)23-11(7)17;1-2-6-12-10-14-8-4-3-7-13(14)9-11(12)5-1;1-2-6-10-8-4-3-7-9(10)5-1;2*1-6(7)4-2-3-5-6;2*1-10-2(6)3(4,5)11(7,8)9/h6-11,20H,1-5H2,(H,21,22,23);7-10,19H,1-6H2,(H,20,21,22);1-10H;1-8H;2*7H,2-5H2,1H3;2*1H3,(H,7,8,9)/p-4. The fourth-order valence-corrected chi connectivity index (χ4v) is 16.4. The van der Waals surface area contributed by atoms with Crippen LogP contribution in [0.5, 0.6) is 0 Å². The number of halogens is 8. The Morgan fingerprint density at radius 1 is 0.432 bits per heavy atom. The molecule has 5 aromatic rings. The lowest BCUT2D eigenvalue weighted by Crippen LogP contribution is -2.51. The zero-order valence-electron chi connectivity index (χ0n) is 59.8. The van der Waals surface area contributed by atoms with Crippen LogP contribution >= 0.6 is 0 Å². The highest BCUT2D eigenvalue weighted by Gasteiger charge is 2.72. The van der Waals surface area contributed by atoms with Crippen molar-refractivity contribution in [1.29, 1.82) is 0 Å². The number of ether oxygens (including phenoxy) is 6. The molecule has 0 amide bonds. The normalized spacial score (nSPS) is 25.7. The second-order valence-electron chi connectivity index (χ2n) is 28.8. The smallest absolute Gasteiger partial charge is 0.428 e. The molecule has 7 aliphatic carbocycles. The van der Waals surface area contributed by atoms with E-state index < -0.39 is 163 Å². The molecule has 2 heterocycles. The van der Waals surface area contributed by atoms with Crippen molar-refractivity contribution in [2.75, 3.05) is 14.2 Å². The average Bonchev–Trinajstić information content (AvgIpc) is 1.53. The van der Waals surface area contributed by atoms with Gasteiger partial charge in [0.2, 0.25) is 0 Å². The minimum Gasteiger partial charge on any atom is -0.743 e. The van der Waals surface area contributed by atoms with Gasteiger partial charge in [-0.25, -0.2) is 52.8 Å². The molecule has 14 rings (SSSR count). The average molecular weight is 1660 g/mol. The Morgan fingerprint density at radius 3 is 1.06 bits per heavy atom. The van der Waals surface area contributed by atoms with Gasteiger partial charge in [0.15, 0.2) is 40.5 Å². The summed E-state index contributed by atoms with van der Waals surface area (Å²) in [5.74, 6) is -14.3. The number of hydrogen-bond acceptors (Lipinski definition) is 28. The van der Waals surface area contributed by atoms with E-state index in [0.29, 0.717) is 46.3 Å². The molecule has 618 valence electrons. The van der Waals surface area contributed by atoms with Crippen LogP contribution in [0.25, 0.3) is 32.3 Å². The van der Waals surface area contributed by atoms with Crippen LogP contribution < -0.4 is 0 Å². The highest BCUT2D eigenvalue weighted by Crippen LogP contribution is 2.64. The second-order valence-corrected chi connectivity index (χ2v) is 34.5. The molecule has 4 N–H and O–H groups in total. The summed E-state index contributed by atoms with van der Waals surface area (Å²) >= 11 is 0. The van der Waals surface area contributed by atoms with Crippen LogP contribution in [-0.4, -0.2) is 190 Å². The monoisotopic (exact) mass is 1660 g/mol. The number of aliphatic hydroxyl groups is 4. The van der Waals surface area contributed by atoms with Gasteiger partial charge in [-0.15, -0.1) is 0 Å². The molecular formula is C71H82F8O28S4-4. The van der Waals surface area contributed by atoms with Gasteiger partial charge in [-0.1, -0.05) is 148 Å². The molecule has 0 spiro atoms. The Hall–Kier alpha value is -7.38. The summed E-state index contributed by atoms with van der Waals surface area (Å²) in [5.41, 5.74) is -2.97. The quantitative estimate of drug-likeness (QED) is 0.0299. The largest absolute Gasteiger partial charge is 0.743 e. The van der Waals surface area contributed by atoms with Crippen LogP contribution in [-0.2, 0) is 97.7 Å². The van der Waals surface area contributed by atoms with Gasteiger partial charge in [-0.2, -0.15) is 35.1 Å². The van der Waals surface area contributed by atoms with Crippen LogP contribution in [0, 0.1) is 35.5 Å². The molecule has 5 aromatic carbocycles. The lowest BCUT2D eigenvalue weighted by atomic mass is 9.68. The lowest BCUT2D eigenvalue weighted by molar-refractivity contribution is -0.180. The van der Waals surface area contributed by atoms with E-state index in [1.807, 2.05) is 13.8 Å². The van der Waals surface area contributed by atoms with Crippen LogP contribution in [0.1, 0.15) is 136 Å². The van der Waals surface area contributed by atoms with Gasteiger partial charge in [0.1, 0.15) is 24.4 Å². The highest BCUT2D eigenvalue weighted by atomic mass is 32.2. The summed E-state index contributed by atoms with van der Waals surface area (Å²) < 4.78 is 249. The van der Waals surface area contributed by atoms with Gasteiger partial charge in [0.05, 0.1) is 48.5 Å². The molecule has 9 aliphatic rings. The number of esters is 6. The minimum atomic E-state index is -6.24. The summed E-state index contributed by atoms with van der Waals surface area (Å²) in [7, 11) is -23.3. The van der Waals surface area contributed by atoms with Crippen molar-refractivity contribution >= 4 is 109 Å². The molecule has 111 heavy (non-hydrogen) atoms. The topological polar surface area (TPSA) is 468 Å². The lowest BCUT2D eigenvalue weighted by Gasteiger charge is -2.40. The SMILES string of the molecule is CC1(O)CCCC1.CC1(O)CCCC1.COC(=O)C(F)(F)S(=O)(=O)[O-].COC(=O)C(F)(F)S(=O)(=O)[O-].O=C1OC2C3CC(C2OC(=O)C(F)(F)S(=O)(=O)[O-])C(C2(O)CCCC2)C13.O=C1OC2CC1C(C1(O)CCCC1)CC2OC(=O)C(F)(F)S(=O)(=O)[O-].c1ccc2cc3ccccc3cc2c1.c1ccc2ccccc2c1. The molecule has 2 aliphatic heterocycles. The zero-order chi connectivity index (χ0) is 83.1. The van der Waals surface area contributed by atoms with Crippen molar-refractivity contribution in [2.45, 2.75) is 204 Å². The van der Waals surface area contributed by atoms with Gasteiger partial charge in [-0.05, 0) is 123 Å². The maximum absolute atomic E-state index is 13.5. The van der Waals surface area contributed by atoms with Gasteiger partial charge in [-0.3, -0.25) is 9.59 Å². The van der Waals surface area contributed by atoms with E-state index >= 15 is 0 Å². The number of benzene rings is 5. The van der Waals surface area contributed by atoms with Crippen molar-refractivity contribution in [3.05, 3.63) is 109 Å². The molecule has 0 radical (unpaired) electrons. The van der Waals surface area contributed by atoms with Crippen molar-refractivity contribution in [3.8, 4) is 0 Å². The van der Waals surface area contributed by atoms with E-state index in [1.165, 1.54) is 58.0 Å². The number of hydrogen-bond donors (Lipinski definition) is 4. The summed E-state index contributed by atoms with van der Waals surface area (Å²) in [6, 6.07) is 38.1. The maximum Gasteiger partial charge on any atom is 0.428 e. The van der Waals surface area contributed by atoms with Crippen LogP contribution in [0.4, 0.5) is 35.1 Å². The number of fused-ring (bicyclic) bond motifs is 6. The van der Waals surface area contributed by atoms with E-state index in [1.54, 1.807) is 0 Å². The molecule has 28 nitrogen and oxygen atoms in total. The summed E-state index contributed by atoms with van der Waals surface area (Å²) in [4.78, 5) is 67.2. The third kappa shape index (κ3) is 21.3. The first-order valence-electron chi connectivity index (χ1n) is 34.7. The Labute approximate surface area is 632 Å². The molecular weight excluding hydrogens is 1580 g/mol. The molecule has 10 atom stereocenters. The number of carbonyl (C=O) groups is 6. The molecule has 0 aromatic heterocycles. The Bertz CT molecular complexity index is 4390. The number of carbonyl (C=O) groups excluding carboxylic acids is 6. The molecule has 4 bridgehead atoms. The highest BCUT2D eigenvalue weighted by molar-refractivity contribution is 7.88. The first kappa shape index (κ1) is 90.8. The van der Waals surface area contributed by atoms with Gasteiger partial charge in [0, 0.05) is 30.1 Å².